The summed E-state index contributed by atoms with van der Waals surface area (Å²) in [6.45, 7) is -0.760. The number of aryl methyl sites for hydroxylation is 4. The molecule has 0 atom stereocenters. The molecule has 2 heteroatoms. The number of aromatic nitrogens is 1. The van der Waals surface area contributed by atoms with Gasteiger partial charge in [-0.3, -0.25) is 4.98 Å². The minimum absolute atomic E-state index is 0.0511. The van der Waals surface area contributed by atoms with E-state index in [1.54, 1.807) is 6.20 Å². The molecule has 2 heterocycles. The summed E-state index contributed by atoms with van der Waals surface area (Å²) in [6.07, 6.45) is 1.77. The van der Waals surface area contributed by atoms with Gasteiger partial charge in [-0.05, 0) is 73.9 Å². The van der Waals surface area contributed by atoms with Gasteiger partial charge in [-0.15, -0.1) is 11.3 Å². The molecule has 1 nitrogen and oxygen atoms in total. The van der Waals surface area contributed by atoms with Gasteiger partial charge in [-0.2, -0.15) is 0 Å². The zero-order valence-corrected chi connectivity index (χ0v) is 14.9. The van der Waals surface area contributed by atoms with Gasteiger partial charge in [0.25, 0.3) is 0 Å². The zero-order chi connectivity index (χ0) is 22.6. The molecule has 4 aromatic rings. The lowest BCUT2D eigenvalue weighted by atomic mass is 10.0. The maximum Gasteiger partial charge on any atom is 0.0709 e. The molecule has 2 aromatic heterocycles. The van der Waals surface area contributed by atoms with Crippen molar-refractivity contribution in [1.82, 2.24) is 4.98 Å². The highest BCUT2D eigenvalue weighted by molar-refractivity contribution is 7.22. The van der Waals surface area contributed by atoms with Crippen LogP contribution >= 0.6 is 11.3 Å². The van der Waals surface area contributed by atoms with Gasteiger partial charge in [-0.25, -0.2) is 0 Å². The Bertz CT molecular complexity index is 1230. The van der Waals surface area contributed by atoms with Gasteiger partial charge in [0.1, 0.15) is 0 Å². The van der Waals surface area contributed by atoms with Gasteiger partial charge in [0.05, 0.1) is 10.4 Å². The van der Waals surface area contributed by atoms with Crippen molar-refractivity contribution in [2.24, 2.45) is 0 Å². The highest BCUT2D eigenvalue weighted by Gasteiger charge is 2.11. The Morgan fingerprint density at radius 3 is 2.32 bits per heavy atom. The summed E-state index contributed by atoms with van der Waals surface area (Å²) >= 11 is 1.36. The second-order valence-corrected chi connectivity index (χ2v) is 7.41. The predicted octanol–water partition coefficient (Wildman–Crippen LogP) is 6.86. The van der Waals surface area contributed by atoms with Crippen LogP contribution in [-0.4, -0.2) is 4.98 Å². The van der Waals surface area contributed by atoms with Crippen LogP contribution in [0.4, 0.5) is 0 Å². The van der Waals surface area contributed by atoms with E-state index in [0.29, 0.717) is 4.88 Å². The molecule has 0 fully saturated rings. The van der Waals surface area contributed by atoms with Crippen LogP contribution in [0.25, 0.3) is 31.8 Å². The van der Waals surface area contributed by atoms with Crippen LogP contribution in [0.15, 0.2) is 54.7 Å². The number of rotatable bonds is 2. The van der Waals surface area contributed by atoms with Gasteiger partial charge in [0, 0.05) is 24.9 Å². The highest BCUT2D eigenvalue weighted by atomic mass is 32.1. The first kappa shape index (κ1) is 10.5. The lowest BCUT2D eigenvalue weighted by Crippen LogP contribution is -1.85. The summed E-state index contributed by atoms with van der Waals surface area (Å²) in [6, 6.07) is 14.6. The Morgan fingerprint density at radius 1 is 0.920 bits per heavy atom. The van der Waals surface area contributed by atoms with Crippen molar-refractivity contribution in [2.45, 2.75) is 27.6 Å². The molecule has 0 saturated carbocycles. The van der Waals surface area contributed by atoms with E-state index < -0.39 is 13.7 Å². The van der Waals surface area contributed by atoms with Crippen molar-refractivity contribution in [3.05, 3.63) is 77.0 Å². The van der Waals surface area contributed by atoms with Crippen LogP contribution in [-0.2, 0) is 0 Å². The van der Waals surface area contributed by atoms with Crippen molar-refractivity contribution in [1.29, 1.82) is 0 Å². The monoisotopic (exact) mass is 349 g/mol. The summed E-state index contributed by atoms with van der Waals surface area (Å²) in [5.74, 6) is 0. The summed E-state index contributed by atoms with van der Waals surface area (Å²) in [4.78, 5) is 5.21. The van der Waals surface area contributed by atoms with Crippen LogP contribution in [0.2, 0.25) is 0 Å². The number of hydrogen-bond acceptors (Lipinski definition) is 2. The van der Waals surface area contributed by atoms with Crippen LogP contribution in [0.1, 0.15) is 30.5 Å². The molecule has 0 saturated heterocycles. The van der Waals surface area contributed by atoms with Crippen molar-refractivity contribution in [3.63, 3.8) is 0 Å². The number of nitrogens with zero attached hydrogens (tertiary/aromatic N) is 1. The van der Waals surface area contributed by atoms with Crippen LogP contribution in [0, 0.1) is 27.6 Å². The molecule has 0 spiro atoms. The Labute approximate surface area is 161 Å². The summed E-state index contributed by atoms with van der Waals surface area (Å²) in [5.41, 5.74) is 4.51. The van der Waals surface area contributed by atoms with Crippen molar-refractivity contribution < 1.29 is 8.22 Å². The third-order valence-electron chi connectivity index (χ3n) is 4.23. The van der Waals surface area contributed by atoms with Gasteiger partial charge < -0.3 is 0 Å². The van der Waals surface area contributed by atoms with E-state index in [9.17, 15) is 0 Å². The molecule has 0 radical (unpaired) electrons. The number of fused-ring (bicyclic) bond motifs is 1. The molecular formula is C23H21NS. The molecule has 124 valence electrons. The average molecular weight is 350 g/mol. The quantitative estimate of drug-likeness (QED) is 0.385. The SMILES string of the molecule is [2H]C([2H])([2H])c1cccc(C([2H])([2H])[2H])c1-c1cc2cc(-c3cc(C)cc(C)c3)ncc2s1. The van der Waals surface area contributed by atoms with Gasteiger partial charge in [0.15, 0.2) is 0 Å². The lowest BCUT2D eigenvalue weighted by molar-refractivity contribution is 1.33. The Kier molecular flexibility index (Phi) is 2.58. The fourth-order valence-corrected chi connectivity index (χ4v) is 4.25. The van der Waals surface area contributed by atoms with Crippen LogP contribution in [0.3, 0.4) is 0 Å². The molecule has 0 aliphatic rings. The molecule has 2 aromatic carbocycles. The number of benzene rings is 2. The molecule has 0 unspecified atom stereocenters. The Hall–Kier alpha value is -2.45. The molecule has 25 heavy (non-hydrogen) atoms. The van der Waals surface area contributed by atoms with Crippen molar-refractivity contribution in [3.8, 4) is 21.7 Å². The van der Waals surface area contributed by atoms with E-state index in [-0.39, 0.29) is 16.7 Å². The Morgan fingerprint density at radius 2 is 1.64 bits per heavy atom. The first-order chi connectivity index (χ1) is 14.4. The average Bonchev–Trinajstić information content (AvgIpc) is 3.08. The number of pyridine rings is 1. The number of hydrogen-bond donors (Lipinski definition) is 0. The lowest BCUT2D eigenvalue weighted by Gasteiger charge is -2.06. The summed E-state index contributed by atoms with van der Waals surface area (Å²) in [5, 5.41) is 0.904. The fraction of sp³-hybridized carbons (Fsp3) is 0.174. The largest absolute Gasteiger partial charge is 0.255 e. The third-order valence-corrected chi connectivity index (χ3v) is 5.34. The van der Waals surface area contributed by atoms with E-state index in [0.717, 1.165) is 32.5 Å². The molecule has 0 amide bonds. The third kappa shape index (κ3) is 2.98. The maximum absolute atomic E-state index is 7.93. The van der Waals surface area contributed by atoms with E-state index in [4.69, 9.17) is 8.22 Å². The van der Waals surface area contributed by atoms with Gasteiger partial charge >= 0.3 is 0 Å². The molecule has 0 bridgehead atoms. The normalized spacial score (nSPS) is 15.8. The maximum atomic E-state index is 7.93. The van der Waals surface area contributed by atoms with Crippen LogP contribution < -0.4 is 0 Å². The summed E-state index contributed by atoms with van der Waals surface area (Å²) in [7, 11) is 0. The van der Waals surface area contributed by atoms with E-state index in [1.165, 1.54) is 29.5 Å². The van der Waals surface area contributed by atoms with E-state index in [1.807, 2.05) is 26.0 Å². The minimum Gasteiger partial charge on any atom is -0.255 e. The molecule has 4 rings (SSSR count). The fourth-order valence-electron chi connectivity index (χ4n) is 3.17. The first-order valence-electron chi connectivity index (χ1n) is 11.1. The molecule has 0 aliphatic heterocycles. The van der Waals surface area contributed by atoms with E-state index >= 15 is 0 Å². The summed E-state index contributed by atoms with van der Waals surface area (Å²) < 4.78 is 48.4. The first-order valence-corrected chi connectivity index (χ1v) is 8.88. The van der Waals surface area contributed by atoms with Gasteiger partial charge in [-0.1, -0.05) is 35.4 Å². The number of thiophene rings is 1. The second kappa shape index (κ2) is 6.12. The zero-order valence-electron chi connectivity index (χ0n) is 20.1. The van der Waals surface area contributed by atoms with Gasteiger partial charge in [0.2, 0.25) is 0 Å². The molecular weight excluding hydrogens is 322 g/mol. The van der Waals surface area contributed by atoms with Crippen molar-refractivity contribution in [2.75, 3.05) is 0 Å². The smallest absolute Gasteiger partial charge is 0.0709 e. The second-order valence-electron chi connectivity index (χ2n) is 6.32. The highest BCUT2D eigenvalue weighted by Crippen LogP contribution is 2.37. The van der Waals surface area contributed by atoms with E-state index in [2.05, 4.69) is 23.2 Å². The molecule has 0 aliphatic carbocycles. The predicted molar refractivity (Wildman–Crippen MR) is 109 cm³/mol. The minimum atomic E-state index is -2.42. The van der Waals surface area contributed by atoms with Crippen LogP contribution in [0.5, 0.6) is 0 Å². The Balaban J connectivity index is 1.92. The van der Waals surface area contributed by atoms with Crippen molar-refractivity contribution >= 4 is 21.4 Å². The topological polar surface area (TPSA) is 12.9 Å². The molecule has 0 N–H and O–H groups in total. The standard InChI is InChI=1S/C23H21NS/c1-14-8-15(2)10-18(9-14)20-11-19-12-21(25-22(19)13-24-20)23-16(3)6-5-7-17(23)4/h5-13H,1-4H3/i3D3,4D3.